The lowest BCUT2D eigenvalue weighted by Crippen LogP contribution is -2.15. The number of fused-ring (bicyclic) bond motifs is 2. The minimum atomic E-state index is 0.0722. The Morgan fingerprint density at radius 3 is 2.79 bits per heavy atom. The lowest BCUT2D eigenvalue weighted by molar-refractivity contribution is 0.171. The van der Waals surface area contributed by atoms with Crippen LogP contribution in [0.5, 0.6) is 23.0 Å². The van der Waals surface area contributed by atoms with Gasteiger partial charge in [0.2, 0.25) is 0 Å². The molecule has 29 heavy (non-hydrogen) atoms. The Hall–Kier alpha value is -3.94. The van der Waals surface area contributed by atoms with Crippen molar-refractivity contribution >= 4 is 17.2 Å². The third-order valence-electron chi connectivity index (χ3n) is 4.69. The Balaban J connectivity index is 1.62. The number of anilines is 2. The van der Waals surface area contributed by atoms with Crippen LogP contribution in [0.2, 0.25) is 0 Å². The fourth-order valence-electron chi connectivity index (χ4n) is 3.30. The van der Waals surface area contributed by atoms with Gasteiger partial charge in [-0.1, -0.05) is 0 Å². The van der Waals surface area contributed by atoms with Crippen molar-refractivity contribution in [2.24, 2.45) is 0 Å². The molecule has 0 spiro atoms. The second-order valence-corrected chi connectivity index (χ2v) is 6.49. The van der Waals surface area contributed by atoms with Crippen LogP contribution in [0.1, 0.15) is 0 Å². The van der Waals surface area contributed by atoms with E-state index in [4.69, 9.17) is 19.2 Å². The summed E-state index contributed by atoms with van der Waals surface area (Å²) in [5.41, 5.74) is 3.06. The molecule has 2 aromatic heterocycles. The highest BCUT2D eigenvalue weighted by atomic mass is 16.6. The summed E-state index contributed by atoms with van der Waals surface area (Å²) in [7, 11) is 1.51. The van der Waals surface area contributed by atoms with Crippen molar-refractivity contribution in [1.82, 2.24) is 14.4 Å². The Labute approximate surface area is 166 Å². The average molecular weight is 390 g/mol. The van der Waals surface area contributed by atoms with Crippen LogP contribution >= 0.6 is 0 Å². The normalized spacial score (nSPS) is 12.7. The van der Waals surface area contributed by atoms with Gasteiger partial charge < -0.3 is 24.6 Å². The van der Waals surface area contributed by atoms with Crippen LogP contribution in [-0.4, -0.2) is 39.8 Å². The van der Waals surface area contributed by atoms with Crippen LogP contribution in [0.4, 0.5) is 11.5 Å². The van der Waals surface area contributed by atoms with Crippen LogP contribution in [0.15, 0.2) is 55.0 Å². The highest BCUT2D eigenvalue weighted by Gasteiger charge is 2.18. The molecule has 2 aromatic carbocycles. The third kappa shape index (κ3) is 3.04. The second-order valence-electron chi connectivity index (χ2n) is 6.49. The van der Waals surface area contributed by atoms with Crippen molar-refractivity contribution in [3.63, 3.8) is 0 Å². The van der Waals surface area contributed by atoms with E-state index < -0.39 is 0 Å². The van der Waals surface area contributed by atoms with Crippen molar-refractivity contribution < 1.29 is 19.3 Å². The SMILES string of the molecule is COc1cc(-c2nc3ccncn3c2Nc2ccc3c(c2)OCCO3)ccc1O. The molecule has 0 bridgehead atoms. The van der Waals surface area contributed by atoms with Crippen LogP contribution in [0.3, 0.4) is 0 Å². The second kappa shape index (κ2) is 6.90. The summed E-state index contributed by atoms with van der Waals surface area (Å²) >= 11 is 0. The van der Waals surface area contributed by atoms with E-state index in [1.165, 1.54) is 7.11 Å². The van der Waals surface area contributed by atoms with Crippen molar-refractivity contribution in [3.05, 3.63) is 55.0 Å². The fourth-order valence-corrected chi connectivity index (χ4v) is 3.30. The van der Waals surface area contributed by atoms with E-state index in [0.717, 1.165) is 28.5 Å². The number of aromatic nitrogens is 3. The molecular formula is C21H18N4O4. The first-order valence-electron chi connectivity index (χ1n) is 9.09. The van der Waals surface area contributed by atoms with Crippen LogP contribution in [-0.2, 0) is 0 Å². The molecular weight excluding hydrogens is 372 g/mol. The van der Waals surface area contributed by atoms with Gasteiger partial charge in [0.05, 0.1) is 7.11 Å². The Kier molecular flexibility index (Phi) is 4.09. The largest absolute Gasteiger partial charge is 0.504 e. The summed E-state index contributed by atoms with van der Waals surface area (Å²) in [6.45, 7) is 1.07. The zero-order valence-electron chi connectivity index (χ0n) is 15.6. The van der Waals surface area contributed by atoms with E-state index in [0.29, 0.717) is 30.4 Å². The molecule has 0 aliphatic carbocycles. The Bertz CT molecular complexity index is 1200. The molecule has 0 amide bonds. The van der Waals surface area contributed by atoms with E-state index >= 15 is 0 Å². The number of aromatic hydroxyl groups is 1. The molecule has 146 valence electrons. The van der Waals surface area contributed by atoms with Gasteiger partial charge in [-0.3, -0.25) is 4.40 Å². The number of hydrogen-bond acceptors (Lipinski definition) is 7. The molecule has 1 aliphatic rings. The zero-order chi connectivity index (χ0) is 19.8. The van der Waals surface area contributed by atoms with Gasteiger partial charge in [-0.25, -0.2) is 9.97 Å². The van der Waals surface area contributed by atoms with E-state index in [-0.39, 0.29) is 5.75 Å². The number of nitrogens with one attached hydrogen (secondary N) is 1. The minimum absolute atomic E-state index is 0.0722. The van der Waals surface area contributed by atoms with Gasteiger partial charge >= 0.3 is 0 Å². The number of imidazole rings is 1. The number of benzene rings is 2. The Morgan fingerprint density at radius 1 is 1.07 bits per heavy atom. The van der Waals surface area contributed by atoms with E-state index in [2.05, 4.69) is 10.3 Å². The molecule has 0 atom stereocenters. The van der Waals surface area contributed by atoms with Crippen molar-refractivity contribution in [2.45, 2.75) is 0 Å². The van der Waals surface area contributed by atoms with Gasteiger partial charge in [0.15, 0.2) is 23.0 Å². The molecule has 8 heteroatoms. The summed E-state index contributed by atoms with van der Waals surface area (Å²) < 4.78 is 18.4. The topological polar surface area (TPSA) is 90.1 Å². The average Bonchev–Trinajstić information content (AvgIpc) is 3.12. The van der Waals surface area contributed by atoms with Crippen LogP contribution < -0.4 is 19.5 Å². The zero-order valence-corrected chi connectivity index (χ0v) is 15.6. The summed E-state index contributed by atoms with van der Waals surface area (Å²) in [6, 6.07) is 12.7. The van der Waals surface area contributed by atoms with E-state index in [1.54, 1.807) is 30.7 Å². The molecule has 2 N–H and O–H groups in total. The van der Waals surface area contributed by atoms with Crippen LogP contribution in [0, 0.1) is 0 Å². The number of nitrogens with zero attached hydrogens (tertiary/aromatic N) is 3. The van der Waals surface area contributed by atoms with Gasteiger partial charge in [0.25, 0.3) is 0 Å². The molecule has 1 aliphatic heterocycles. The summed E-state index contributed by atoms with van der Waals surface area (Å²) in [4.78, 5) is 8.95. The van der Waals surface area contributed by atoms with Crippen molar-refractivity contribution in [2.75, 3.05) is 25.6 Å². The van der Waals surface area contributed by atoms with Gasteiger partial charge in [0.1, 0.15) is 36.7 Å². The number of hydrogen-bond donors (Lipinski definition) is 2. The lowest BCUT2D eigenvalue weighted by Gasteiger charge is -2.19. The van der Waals surface area contributed by atoms with Gasteiger partial charge in [-0.15, -0.1) is 0 Å². The molecule has 4 aromatic rings. The van der Waals surface area contributed by atoms with E-state index in [9.17, 15) is 5.11 Å². The molecule has 0 unspecified atom stereocenters. The summed E-state index contributed by atoms with van der Waals surface area (Å²) in [6.07, 6.45) is 3.39. The molecule has 0 fully saturated rings. The maximum absolute atomic E-state index is 9.94. The standard InChI is InChI=1S/C21H18N4O4/c1-27-17-10-13(2-4-15(17)26)20-21(25-12-22-7-6-19(25)24-20)23-14-3-5-16-18(11-14)29-9-8-28-16/h2-7,10-12,23,26H,8-9H2,1H3. The Morgan fingerprint density at radius 2 is 1.93 bits per heavy atom. The number of phenolic OH excluding ortho intramolecular Hbond substituents is 1. The monoisotopic (exact) mass is 390 g/mol. The predicted molar refractivity (Wildman–Crippen MR) is 107 cm³/mol. The smallest absolute Gasteiger partial charge is 0.163 e. The maximum atomic E-state index is 9.94. The first-order valence-corrected chi connectivity index (χ1v) is 9.09. The van der Waals surface area contributed by atoms with E-state index in [1.807, 2.05) is 28.7 Å². The number of rotatable bonds is 4. The van der Waals surface area contributed by atoms with Gasteiger partial charge in [-0.2, -0.15) is 0 Å². The highest BCUT2D eigenvalue weighted by Crippen LogP contribution is 2.38. The quantitative estimate of drug-likeness (QED) is 0.550. The molecule has 0 saturated heterocycles. The minimum Gasteiger partial charge on any atom is -0.504 e. The first kappa shape index (κ1) is 17.2. The van der Waals surface area contributed by atoms with Gasteiger partial charge in [0, 0.05) is 23.5 Å². The number of ether oxygens (including phenoxy) is 3. The molecule has 5 rings (SSSR count). The predicted octanol–water partition coefficient (Wildman–Crippen LogP) is 3.63. The van der Waals surface area contributed by atoms with Crippen molar-refractivity contribution in [3.8, 4) is 34.3 Å². The van der Waals surface area contributed by atoms with Gasteiger partial charge in [-0.05, 0) is 36.4 Å². The lowest BCUT2D eigenvalue weighted by atomic mass is 10.1. The third-order valence-corrected chi connectivity index (χ3v) is 4.69. The molecule has 8 nitrogen and oxygen atoms in total. The summed E-state index contributed by atoms with van der Waals surface area (Å²) in [5.74, 6) is 2.61. The van der Waals surface area contributed by atoms with Crippen LogP contribution in [0.25, 0.3) is 16.9 Å². The molecule has 0 saturated carbocycles. The number of methoxy groups -OCH3 is 1. The number of phenols is 1. The maximum Gasteiger partial charge on any atom is 0.163 e. The van der Waals surface area contributed by atoms with Crippen molar-refractivity contribution in [1.29, 1.82) is 0 Å². The molecule has 3 heterocycles. The highest BCUT2D eigenvalue weighted by molar-refractivity contribution is 5.81. The first-order chi connectivity index (χ1) is 14.2. The molecule has 0 radical (unpaired) electrons. The fraction of sp³-hybridized carbons (Fsp3) is 0.143. The summed E-state index contributed by atoms with van der Waals surface area (Å²) in [5, 5.41) is 13.4.